The summed E-state index contributed by atoms with van der Waals surface area (Å²) in [6.07, 6.45) is 6.47. The molecule has 3 heteroatoms. The first kappa shape index (κ1) is 12.7. The monoisotopic (exact) mass is 257 g/mol. The van der Waals surface area contributed by atoms with E-state index < -0.39 is 0 Å². The third-order valence-corrected chi connectivity index (χ3v) is 4.07. The van der Waals surface area contributed by atoms with Crippen molar-refractivity contribution in [1.29, 1.82) is 0 Å². The molecule has 0 amide bonds. The smallest absolute Gasteiger partial charge is 0.106 e. The number of unbranched alkanes of at least 4 members (excludes halogenated alkanes) is 1. The highest BCUT2D eigenvalue weighted by Crippen LogP contribution is 2.19. The van der Waals surface area contributed by atoms with E-state index in [1.54, 1.807) is 0 Å². The molecule has 0 atom stereocenters. The number of imidazole rings is 1. The van der Waals surface area contributed by atoms with Gasteiger partial charge in [0.25, 0.3) is 0 Å². The Kier molecular flexibility index (Phi) is 3.56. The SMILES string of the molecule is Cc1nc2cc(CCCCNC3CC3)ccc2n1C. The summed E-state index contributed by atoms with van der Waals surface area (Å²) < 4.78 is 2.15. The highest BCUT2D eigenvalue weighted by atomic mass is 15.0. The summed E-state index contributed by atoms with van der Waals surface area (Å²) in [5.74, 6) is 1.08. The van der Waals surface area contributed by atoms with Gasteiger partial charge in [-0.1, -0.05) is 6.07 Å². The van der Waals surface area contributed by atoms with E-state index in [1.165, 1.54) is 43.3 Å². The molecule has 1 aliphatic carbocycles. The number of nitrogens with zero attached hydrogens (tertiary/aromatic N) is 2. The number of hydrogen-bond acceptors (Lipinski definition) is 2. The van der Waals surface area contributed by atoms with Gasteiger partial charge in [0.05, 0.1) is 11.0 Å². The predicted molar refractivity (Wildman–Crippen MR) is 79.4 cm³/mol. The van der Waals surface area contributed by atoms with Crippen molar-refractivity contribution in [2.45, 2.75) is 45.1 Å². The lowest BCUT2D eigenvalue weighted by Gasteiger charge is -2.04. The lowest BCUT2D eigenvalue weighted by atomic mass is 10.1. The third kappa shape index (κ3) is 2.98. The first-order valence-electron chi connectivity index (χ1n) is 7.39. The maximum atomic E-state index is 4.60. The van der Waals surface area contributed by atoms with Crippen LogP contribution in [-0.2, 0) is 13.5 Å². The molecule has 1 aromatic carbocycles. The zero-order valence-electron chi connectivity index (χ0n) is 11.9. The van der Waals surface area contributed by atoms with Crippen LogP contribution in [0.15, 0.2) is 18.2 Å². The summed E-state index contributed by atoms with van der Waals surface area (Å²) in [5.41, 5.74) is 3.78. The van der Waals surface area contributed by atoms with Crippen molar-refractivity contribution in [3.8, 4) is 0 Å². The van der Waals surface area contributed by atoms with Crippen molar-refractivity contribution >= 4 is 11.0 Å². The van der Waals surface area contributed by atoms with Crippen molar-refractivity contribution in [2.24, 2.45) is 7.05 Å². The predicted octanol–water partition coefficient (Wildman–Crippen LogP) is 2.96. The average molecular weight is 257 g/mol. The minimum Gasteiger partial charge on any atom is -0.331 e. The summed E-state index contributed by atoms with van der Waals surface area (Å²) in [6, 6.07) is 7.54. The van der Waals surface area contributed by atoms with Crippen molar-refractivity contribution in [3.63, 3.8) is 0 Å². The molecule has 3 rings (SSSR count). The third-order valence-electron chi connectivity index (χ3n) is 4.07. The van der Waals surface area contributed by atoms with Crippen molar-refractivity contribution in [2.75, 3.05) is 6.54 Å². The van der Waals surface area contributed by atoms with Gasteiger partial charge in [0.2, 0.25) is 0 Å². The van der Waals surface area contributed by atoms with Gasteiger partial charge in [-0.25, -0.2) is 4.98 Å². The van der Waals surface area contributed by atoms with Gasteiger partial charge in [0.15, 0.2) is 0 Å². The van der Waals surface area contributed by atoms with Gasteiger partial charge >= 0.3 is 0 Å². The molecule has 0 unspecified atom stereocenters. The van der Waals surface area contributed by atoms with Gasteiger partial charge in [-0.3, -0.25) is 0 Å². The molecule has 1 aliphatic rings. The minimum atomic E-state index is 0.841. The topological polar surface area (TPSA) is 29.9 Å². The van der Waals surface area contributed by atoms with E-state index in [4.69, 9.17) is 0 Å². The molecule has 0 spiro atoms. The number of aryl methyl sites for hydroxylation is 3. The zero-order chi connectivity index (χ0) is 13.2. The molecular formula is C16H23N3. The van der Waals surface area contributed by atoms with Crippen LogP contribution in [0, 0.1) is 6.92 Å². The fraction of sp³-hybridized carbons (Fsp3) is 0.562. The lowest BCUT2D eigenvalue weighted by Crippen LogP contribution is -2.17. The molecule has 0 saturated heterocycles. The van der Waals surface area contributed by atoms with E-state index in [-0.39, 0.29) is 0 Å². The standard InChI is InChI=1S/C16H23N3/c1-12-18-15-11-13(6-9-16(15)19(12)2)5-3-4-10-17-14-7-8-14/h6,9,11,14,17H,3-5,7-8,10H2,1-2H3. The molecule has 1 N–H and O–H groups in total. The van der Waals surface area contributed by atoms with Crippen LogP contribution in [0.2, 0.25) is 0 Å². The molecule has 102 valence electrons. The number of aromatic nitrogens is 2. The second-order valence-corrected chi connectivity index (χ2v) is 5.73. The fourth-order valence-electron chi connectivity index (χ4n) is 2.57. The Morgan fingerprint density at radius 3 is 2.95 bits per heavy atom. The number of rotatable bonds is 6. The molecule has 1 fully saturated rings. The summed E-state index contributed by atoms with van der Waals surface area (Å²) in [7, 11) is 2.08. The quantitative estimate of drug-likeness (QED) is 0.806. The molecule has 0 radical (unpaired) electrons. The molecule has 0 aliphatic heterocycles. The minimum absolute atomic E-state index is 0.841. The van der Waals surface area contributed by atoms with Gasteiger partial charge in [0, 0.05) is 13.1 Å². The Morgan fingerprint density at radius 2 is 2.16 bits per heavy atom. The van der Waals surface area contributed by atoms with Gasteiger partial charge in [-0.2, -0.15) is 0 Å². The second kappa shape index (κ2) is 5.33. The molecule has 1 saturated carbocycles. The van der Waals surface area contributed by atoms with Gasteiger partial charge in [0.1, 0.15) is 5.82 Å². The number of benzene rings is 1. The van der Waals surface area contributed by atoms with Gasteiger partial charge in [-0.15, -0.1) is 0 Å². The van der Waals surface area contributed by atoms with Crippen LogP contribution in [0.3, 0.4) is 0 Å². The van der Waals surface area contributed by atoms with Crippen molar-refractivity contribution in [1.82, 2.24) is 14.9 Å². The van der Waals surface area contributed by atoms with Crippen LogP contribution < -0.4 is 5.32 Å². The molecule has 1 heterocycles. The van der Waals surface area contributed by atoms with Crippen LogP contribution in [0.4, 0.5) is 0 Å². The van der Waals surface area contributed by atoms with E-state index >= 15 is 0 Å². The molecule has 1 aromatic heterocycles. The first-order valence-corrected chi connectivity index (χ1v) is 7.39. The zero-order valence-corrected chi connectivity index (χ0v) is 11.9. The molecule has 0 bridgehead atoms. The van der Waals surface area contributed by atoms with Crippen LogP contribution in [-0.4, -0.2) is 22.1 Å². The van der Waals surface area contributed by atoms with E-state index in [0.29, 0.717) is 0 Å². The fourth-order valence-corrected chi connectivity index (χ4v) is 2.57. The lowest BCUT2D eigenvalue weighted by molar-refractivity contribution is 0.620. The molecule has 3 nitrogen and oxygen atoms in total. The number of fused-ring (bicyclic) bond motifs is 1. The van der Waals surface area contributed by atoms with Crippen LogP contribution in [0.5, 0.6) is 0 Å². The first-order chi connectivity index (χ1) is 9.24. The maximum Gasteiger partial charge on any atom is 0.106 e. The second-order valence-electron chi connectivity index (χ2n) is 5.73. The molecular weight excluding hydrogens is 234 g/mol. The Balaban J connectivity index is 1.55. The highest BCUT2D eigenvalue weighted by Gasteiger charge is 2.19. The Hall–Kier alpha value is -1.35. The Morgan fingerprint density at radius 1 is 1.32 bits per heavy atom. The van der Waals surface area contributed by atoms with Crippen molar-refractivity contribution in [3.05, 3.63) is 29.6 Å². The summed E-state index contributed by atoms with van der Waals surface area (Å²) in [6.45, 7) is 3.23. The number of nitrogens with one attached hydrogen (secondary N) is 1. The molecule has 2 aromatic rings. The summed E-state index contributed by atoms with van der Waals surface area (Å²) >= 11 is 0. The highest BCUT2D eigenvalue weighted by molar-refractivity contribution is 5.76. The van der Waals surface area contributed by atoms with E-state index in [0.717, 1.165) is 23.8 Å². The Labute approximate surface area is 115 Å². The summed E-state index contributed by atoms with van der Waals surface area (Å²) in [5, 5.41) is 3.57. The van der Waals surface area contributed by atoms with E-state index in [2.05, 4.69) is 47.0 Å². The van der Waals surface area contributed by atoms with Crippen LogP contribution >= 0.6 is 0 Å². The Bertz CT molecular complexity index is 567. The normalized spacial score (nSPS) is 15.3. The maximum absolute atomic E-state index is 4.60. The van der Waals surface area contributed by atoms with E-state index in [9.17, 15) is 0 Å². The summed E-state index contributed by atoms with van der Waals surface area (Å²) in [4.78, 5) is 4.60. The van der Waals surface area contributed by atoms with Crippen molar-refractivity contribution < 1.29 is 0 Å². The van der Waals surface area contributed by atoms with Crippen LogP contribution in [0.1, 0.15) is 37.1 Å². The van der Waals surface area contributed by atoms with Gasteiger partial charge < -0.3 is 9.88 Å². The number of hydrogen-bond donors (Lipinski definition) is 1. The molecule has 19 heavy (non-hydrogen) atoms. The van der Waals surface area contributed by atoms with Gasteiger partial charge in [-0.05, 0) is 63.3 Å². The largest absolute Gasteiger partial charge is 0.331 e. The average Bonchev–Trinajstić information content (AvgIpc) is 3.17. The van der Waals surface area contributed by atoms with Crippen LogP contribution in [0.25, 0.3) is 11.0 Å². The van der Waals surface area contributed by atoms with E-state index in [1.807, 2.05) is 0 Å².